The van der Waals surface area contributed by atoms with Crippen LogP contribution in [-0.4, -0.2) is 83.5 Å². The summed E-state index contributed by atoms with van der Waals surface area (Å²) in [4.78, 5) is 2.33. The van der Waals surface area contributed by atoms with Gasteiger partial charge in [0, 0.05) is 25.2 Å². The molecule has 2 aromatic carbocycles. The smallest absolute Gasteiger partial charge is 0.283 e. The summed E-state index contributed by atoms with van der Waals surface area (Å²) in [7, 11) is -0.805. The number of phenols is 1. The van der Waals surface area contributed by atoms with Gasteiger partial charge in [-0.3, -0.25) is 10.3 Å². The van der Waals surface area contributed by atoms with Gasteiger partial charge in [0.15, 0.2) is 11.5 Å². The molecule has 1 unspecified atom stereocenters. The number of methoxy groups -OCH3 is 2. The van der Waals surface area contributed by atoms with E-state index in [0.29, 0.717) is 48.1 Å². The highest BCUT2D eigenvalue weighted by molar-refractivity contribution is 7.90. The molecular weight excluding hydrogens is 448 g/mol. The van der Waals surface area contributed by atoms with Crippen molar-refractivity contribution >= 4 is 21.9 Å². The molecular formula is C22H26N4O6S. The van der Waals surface area contributed by atoms with Crippen LogP contribution in [-0.2, 0) is 14.8 Å². The lowest BCUT2D eigenvalue weighted by atomic mass is 10.0. The number of hydrogen-bond acceptors (Lipinski definition) is 9. The first-order valence-electron chi connectivity index (χ1n) is 10.4. The zero-order valence-electron chi connectivity index (χ0n) is 18.4. The van der Waals surface area contributed by atoms with Gasteiger partial charge in [-0.15, -0.1) is 0 Å². The molecule has 2 heterocycles. The molecule has 10 nitrogen and oxygen atoms in total. The molecule has 11 heteroatoms. The average Bonchev–Trinajstić information content (AvgIpc) is 3.10. The normalized spacial score (nSPS) is 18.5. The highest BCUT2D eigenvalue weighted by Gasteiger charge is 2.34. The van der Waals surface area contributed by atoms with E-state index in [1.807, 2.05) is 0 Å². The molecule has 1 fully saturated rings. The zero-order chi connectivity index (χ0) is 23.4. The summed E-state index contributed by atoms with van der Waals surface area (Å²) in [5.74, 6) is 0.906. The second-order valence-corrected chi connectivity index (χ2v) is 9.17. The number of nitrogens with one attached hydrogen (secondary N) is 1. The fourth-order valence-corrected chi connectivity index (χ4v) is 5.01. The molecule has 0 radical (unpaired) electrons. The third-order valence-electron chi connectivity index (χ3n) is 5.48. The van der Waals surface area contributed by atoms with E-state index in [9.17, 15) is 13.5 Å². The number of ether oxygens (including phenoxy) is 3. The van der Waals surface area contributed by atoms with E-state index in [0.717, 1.165) is 13.1 Å². The number of hydrazone groups is 1. The number of nitrogens with zero attached hydrogens (tertiary/aromatic N) is 3. The number of phenolic OH excluding ortho intramolecular Hbond substituents is 1. The van der Waals surface area contributed by atoms with Crippen molar-refractivity contribution in [2.45, 2.75) is 10.9 Å². The molecule has 2 aliphatic heterocycles. The highest BCUT2D eigenvalue weighted by atomic mass is 32.2. The lowest BCUT2D eigenvalue weighted by molar-refractivity contribution is 0.0364. The topological polar surface area (TPSA) is 122 Å². The Morgan fingerprint density at radius 1 is 1.21 bits per heavy atom. The van der Waals surface area contributed by atoms with Crippen LogP contribution in [0.1, 0.15) is 11.1 Å². The number of benzene rings is 2. The summed E-state index contributed by atoms with van der Waals surface area (Å²) in [6.45, 7) is 3.16. The minimum Gasteiger partial charge on any atom is -0.504 e. The van der Waals surface area contributed by atoms with Crippen LogP contribution >= 0.6 is 0 Å². The van der Waals surface area contributed by atoms with E-state index < -0.39 is 16.1 Å². The Bertz CT molecular complexity index is 1180. The van der Waals surface area contributed by atoms with Crippen molar-refractivity contribution in [2.24, 2.45) is 9.50 Å². The summed E-state index contributed by atoms with van der Waals surface area (Å²) >= 11 is 0. The van der Waals surface area contributed by atoms with Crippen molar-refractivity contribution in [3.05, 3.63) is 47.5 Å². The first-order chi connectivity index (χ1) is 15.9. The van der Waals surface area contributed by atoms with Crippen LogP contribution in [0.5, 0.6) is 17.2 Å². The van der Waals surface area contributed by atoms with Crippen molar-refractivity contribution in [1.82, 2.24) is 10.3 Å². The molecule has 176 valence electrons. The molecule has 2 aliphatic rings. The molecule has 33 heavy (non-hydrogen) atoms. The van der Waals surface area contributed by atoms with E-state index in [2.05, 4.69) is 19.8 Å². The third-order valence-corrected chi connectivity index (χ3v) is 6.83. The summed E-state index contributed by atoms with van der Waals surface area (Å²) in [6.07, 6.45) is 1.57. The van der Waals surface area contributed by atoms with E-state index in [1.54, 1.807) is 30.5 Å². The predicted octanol–water partition coefficient (Wildman–Crippen LogP) is 1.23. The van der Waals surface area contributed by atoms with Gasteiger partial charge in [0.1, 0.15) is 11.8 Å². The van der Waals surface area contributed by atoms with Crippen molar-refractivity contribution in [3.8, 4) is 17.2 Å². The second-order valence-electron chi connectivity index (χ2n) is 7.60. The highest BCUT2D eigenvalue weighted by Crippen LogP contribution is 2.31. The fourth-order valence-electron chi connectivity index (χ4n) is 3.75. The van der Waals surface area contributed by atoms with Crippen LogP contribution < -0.4 is 14.9 Å². The molecule has 1 saturated heterocycles. The first kappa shape index (κ1) is 23.0. The van der Waals surface area contributed by atoms with Gasteiger partial charge in [-0.05, 0) is 42.0 Å². The first-order valence-corrected chi connectivity index (χ1v) is 11.8. The maximum absolute atomic E-state index is 12.7. The maximum Gasteiger partial charge on any atom is 0.283 e. The van der Waals surface area contributed by atoms with E-state index in [4.69, 9.17) is 14.2 Å². The van der Waals surface area contributed by atoms with Crippen LogP contribution in [0.4, 0.5) is 0 Å². The fraction of sp³-hybridized carbons (Fsp3) is 0.364. The monoisotopic (exact) mass is 474 g/mol. The molecule has 0 aromatic heterocycles. The number of rotatable bonds is 8. The number of aromatic hydroxyl groups is 1. The predicted molar refractivity (Wildman–Crippen MR) is 123 cm³/mol. The van der Waals surface area contributed by atoms with Crippen LogP contribution in [0.2, 0.25) is 0 Å². The maximum atomic E-state index is 12.7. The van der Waals surface area contributed by atoms with Gasteiger partial charge >= 0.3 is 0 Å². The van der Waals surface area contributed by atoms with Gasteiger partial charge in [-0.1, -0.05) is 0 Å². The molecule has 2 N–H and O–H groups in total. The van der Waals surface area contributed by atoms with Crippen LogP contribution in [0, 0.1) is 0 Å². The number of fused-ring (bicyclic) bond motifs is 1. The molecule has 0 bridgehead atoms. The summed E-state index contributed by atoms with van der Waals surface area (Å²) in [5.41, 5.74) is 4.66. The Kier molecular flexibility index (Phi) is 6.82. The van der Waals surface area contributed by atoms with Crippen LogP contribution in [0.25, 0.3) is 0 Å². The van der Waals surface area contributed by atoms with Crippen molar-refractivity contribution in [2.75, 3.05) is 47.1 Å². The number of hydrogen-bond donors (Lipinski definition) is 2. The minimum atomic E-state index is -3.80. The molecule has 0 saturated carbocycles. The average molecular weight is 475 g/mol. The molecule has 1 atom stereocenters. The zero-order valence-corrected chi connectivity index (χ0v) is 19.2. The van der Waals surface area contributed by atoms with E-state index in [-0.39, 0.29) is 10.6 Å². The minimum absolute atomic E-state index is 0.0314. The number of morpholine rings is 1. The SMILES string of the molecule is COc1ccc2c(c1)C(C(CN1CCOCC1)N/N=C/c1ccc(O)c(OC)c1)=NS2(=O)=O. The summed E-state index contributed by atoms with van der Waals surface area (Å²) < 4.78 is 45.3. The second kappa shape index (κ2) is 9.77. The lowest BCUT2D eigenvalue weighted by Crippen LogP contribution is -2.48. The molecule has 4 rings (SSSR count). The van der Waals surface area contributed by atoms with Gasteiger partial charge in [0.2, 0.25) is 0 Å². The molecule has 0 spiro atoms. The van der Waals surface area contributed by atoms with Gasteiger partial charge in [0.25, 0.3) is 10.0 Å². The largest absolute Gasteiger partial charge is 0.504 e. The molecule has 2 aromatic rings. The lowest BCUT2D eigenvalue weighted by Gasteiger charge is -2.30. The Balaban J connectivity index is 1.63. The van der Waals surface area contributed by atoms with Crippen LogP contribution in [0.15, 0.2) is 50.8 Å². The Hall–Kier alpha value is -3.15. The number of sulfonamides is 1. The standard InChI is InChI=1S/C22H26N4O6S/c1-30-16-4-6-21-17(12-16)22(25-33(21,28)29)18(14-26-7-9-32-10-8-26)24-23-13-15-3-5-19(27)20(11-15)31-2/h3-6,11-13,18,24,27H,7-10,14H2,1-2H3/b23-13+. The van der Waals surface area contributed by atoms with E-state index >= 15 is 0 Å². The summed E-state index contributed by atoms with van der Waals surface area (Å²) in [6, 6.07) is 9.16. The van der Waals surface area contributed by atoms with Gasteiger partial charge in [0.05, 0.1) is 44.3 Å². The Morgan fingerprint density at radius 2 is 2.00 bits per heavy atom. The van der Waals surface area contributed by atoms with Crippen molar-refractivity contribution in [1.29, 1.82) is 0 Å². The summed E-state index contributed by atoms with van der Waals surface area (Å²) in [5, 5.41) is 14.1. The van der Waals surface area contributed by atoms with E-state index in [1.165, 1.54) is 26.4 Å². The quantitative estimate of drug-likeness (QED) is 0.433. The molecule has 0 amide bonds. The van der Waals surface area contributed by atoms with Gasteiger partial charge in [-0.2, -0.15) is 17.9 Å². The van der Waals surface area contributed by atoms with Crippen LogP contribution in [0.3, 0.4) is 0 Å². The Morgan fingerprint density at radius 3 is 2.73 bits per heavy atom. The Labute approximate surface area is 192 Å². The third kappa shape index (κ3) is 5.10. The van der Waals surface area contributed by atoms with Crippen molar-refractivity contribution < 1.29 is 27.7 Å². The molecule has 0 aliphatic carbocycles. The van der Waals surface area contributed by atoms with Crippen molar-refractivity contribution in [3.63, 3.8) is 0 Å². The van der Waals surface area contributed by atoms with Gasteiger partial charge in [-0.25, -0.2) is 0 Å². The van der Waals surface area contributed by atoms with Gasteiger partial charge < -0.3 is 19.3 Å².